The van der Waals surface area contributed by atoms with Gasteiger partial charge in [0.15, 0.2) is 0 Å². The summed E-state index contributed by atoms with van der Waals surface area (Å²) in [5, 5.41) is 0. The van der Waals surface area contributed by atoms with Crippen LogP contribution in [0.5, 0.6) is 0 Å². The van der Waals surface area contributed by atoms with E-state index in [2.05, 4.69) is 6.92 Å². The van der Waals surface area contributed by atoms with Crippen molar-refractivity contribution < 1.29 is 4.42 Å². The first kappa shape index (κ1) is 7.87. The molecule has 2 rings (SSSR count). The molecule has 0 spiro atoms. The second kappa shape index (κ2) is 2.94. The summed E-state index contributed by atoms with van der Waals surface area (Å²) in [4.78, 5) is 0. The van der Waals surface area contributed by atoms with Crippen molar-refractivity contribution in [3.05, 3.63) is 23.7 Å². The number of nitrogens with two attached hydrogens (primary N) is 1. The van der Waals surface area contributed by atoms with Crippen LogP contribution in [0.15, 0.2) is 16.5 Å². The predicted octanol–water partition coefficient (Wildman–Crippen LogP) is 2.25. The highest BCUT2D eigenvalue weighted by Gasteiger charge is 2.31. The molecule has 1 aromatic heterocycles. The predicted molar refractivity (Wildman–Crippen MR) is 47.7 cm³/mol. The average Bonchev–Trinajstić information content (AvgIpc) is 2.82. The Morgan fingerprint density at radius 3 is 2.83 bits per heavy atom. The highest BCUT2D eigenvalue weighted by Crippen LogP contribution is 2.39. The van der Waals surface area contributed by atoms with Crippen LogP contribution in [-0.4, -0.2) is 0 Å². The van der Waals surface area contributed by atoms with Gasteiger partial charge >= 0.3 is 0 Å². The first-order chi connectivity index (χ1) is 5.81. The van der Waals surface area contributed by atoms with Gasteiger partial charge in [-0.05, 0) is 30.9 Å². The second-order valence-corrected chi connectivity index (χ2v) is 3.52. The summed E-state index contributed by atoms with van der Waals surface area (Å²) in [6.45, 7) is 2.09. The van der Waals surface area contributed by atoms with E-state index in [0.717, 1.165) is 17.9 Å². The van der Waals surface area contributed by atoms with E-state index in [1.54, 1.807) is 0 Å². The summed E-state index contributed by atoms with van der Waals surface area (Å²) in [6.07, 6.45) is 3.49. The zero-order chi connectivity index (χ0) is 8.55. The fourth-order valence-electron chi connectivity index (χ4n) is 1.45. The number of rotatable bonds is 3. The van der Waals surface area contributed by atoms with Gasteiger partial charge in [-0.25, -0.2) is 0 Å². The summed E-state index contributed by atoms with van der Waals surface area (Å²) in [6, 6.07) is 4.18. The molecule has 1 aliphatic carbocycles. The van der Waals surface area contributed by atoms with Gasteiger partial charge in [0.1, 0.15) is 11.5 Å². The molecule has 1 aliphatic rings. The molecule has 66 valence electrons. The minimum Gasteiger partial charge on any atom is -0.464 e. The lowest BCUT2D eigenvalue weighted by Gasteiger charge is -2.05. The molecule has 0 saturated heterocycles. The maximum absolute atomic E-state index is 5.97. The monoisotopic (exact) mass is 165 g/mol. The Kier molecular flexibility index (Phi) is 1.93. The topological polar surface area (TPSA) is 39.2 Å². The molecule has 0 unspecified atom stereocenters. The number of furan rings is 1. The molecule has 2 nitrogen and oxygen atoms in total. The van der Waals surface area contributed by atoms with Crippen LogP contribution in [0.25, 0.3) is 0 Å². The quantitative estimate of drug-likeness (QED) is 0.746. The van der Waals surface area contributed by atoms with Crippen LogP contribution in [0.1, 0.15) is 37.3 Å². The smallest absolute Gasteiger partial charge is 0.121 e. The fourth-order valence-corrected chi connectivity index (χ4v) is 1.45. The summed E-state index contributed by atoms with van der Waals surface area (Å²) >= 11 is 0. The zero-order valence-electron chi connectivity index (χ0n) is 7.42. The van der Waals surface area contributed by atoms with E-state index < -0.39 is 0 Å². The van der Waals surface area contributed by atoms with Crippen LogP contribution < -0.4 is 5.73 Å². The standard InChI is InChI=1S/C10H15NO/c1-2-8-5-6-9(12-8)10(11)7-3-4-7/h5-7,10H,2-4,11H2,1H3/t10-/m0/s1. The summed E-state index contributed by atoms with van der Waals surface area (Å²) in [7, 11) is 0. The Morgan fingerprint density at radius 1 is 1.58 bits per heavy atom. The van der Waals surface area contributed by atoms with Gasteiger partial charge in [-0.3, -0.25) is 0 Å². The van der Waals surface area contributed by atoms with Crippen LogP contribution in [0.3, 0.4) is 0 Å². The van der Waals surface area contributed by atoms with Crippen molar-refractivity contribution in [3.8, 4) is 0 Å². The second-order valence-electron chi connectivity index (χ2n) is 3.52. The maximum Gasteiger partial charge on any atom is 0.121 e. The molecule has 1 saturated carbocycles. The molecular formula is C10H15NO. The Balaban J connectivity index is 2.10. The lowest BCUT2D eigenvalue weighted by atomic mass is 10.1. The highest BCUT2D eigenvalue weighted by molar-refractivity contribution is 5.12. The lowest BCUT2D eigenvalue weighted by molar-refractivity contribution is 0.417. The van der Waals surface area contributed by atoms with Crippen molar-refractivity contribution in [1.29, 1.82) is 0 Å². The molecule has 0 aliphatic heterocycles. The number of hydrogen-bond donors (Lipinski definition) is 1. The van der Waals surface area contributed by atoms with Crippen molar-refractivity contribution in [2.24, 2.45) is 11.7 Å². The minimum atomic E-state index is 0.144. The van der Waals surface area contributed by atoms with Gasteiger partial charge in [0, 0.05) is 6.42 Å². The minimum absolute atomic E-state index is 0.144. The Labute approximate surface area is 72.7 Å². The molecule has 1 atom stereocenters. The van der Waals surface area contributed by atoms with Crippen LogP contribution in [-0.2, 0) is 6.42 Å². The van der Waals surface area contributed by atoms with Crippen LogP contribution in [0.4, 0.5) is 0 Å². The number of hydrogen-bond acceptors (Lipinski definition) is 2. The van der Waals surface area contributed by atoms with E-state index in [1.807, 2.05) is 12.1 Å². The highest BCUT2D eigenvalue weighted by atomic mass is 16.3. The maximum atomic E-state index is 5.97. The zero-order valence-corrected chi connectivity index (χ0v) is 7.42. The van der Waals surface area contributed by atoms with Gasteiger partial charge < -0.3 is 10.2 Å². The average molecular weight is 165 g/mol. The van der Waals surface area contributed by atoms with E-state index in [4.69, 9.17) is 10.2 Å². The summed E-state index contributed by atoms with van der Waals surface area (Å²) < 4.78 is 5.57. The Morgan fingerprint density at radius 2 is 2.33 bits per heavy atom. The third kappa shape index (κ3) is 1.39. The Bertz CT molecular complexity index is 263. The van der Waals surface area contributed by atoms with E-state index in [1.165, 1.54) is 12.8 Å². The van der Waals surface area contributed by atoms with Crippen molar-refractivity contribution >= 4 is 0 Å². The summed E-state index contributed by atoms with van der Waals surface area (Å²) in [5.41, 5.74) is 5.97. The largest absolute Gasteiger partial charge is 0.464 e. The molecule has 2 heteroatoms. The van der Waals surface area contributed by atoms with Gasteiger partial charge in [0.2, 0.25) is 0 Å². The number of aryl methyl sites for hydroxylation is 1. The fraction of sp³-hybridized carbons (Fsp3) is 0.600. The molecule has 0 aromatic carbocycles. The molecular weight excluding hydrogens is 150 g/mol. The van der Waals surface area contributed by atoms with Gasteiger partial charge in [0.05, 0.1) is 6.04 Å². The molecule has 0 bridgehead atoms. The van der Waals surface area contributed by atoms with Crippen molar-refractivity contribution in [1.82, 2.24) is 0 Å². The lowest BCUT2D eigenvalue weighted by Crippen LogP contribution is -2.10. The van der Waals surface area contributed by atoms with E-state index in [-0.39, 0.29) is 6.04 Å². The SMILES string of the molecule is CCc1ccc([C@@H](N)C2CC2)o1. The Hall–Kier alpha value is -0.760. The normalized spacial score (nSPS) is 19.5. The summed E-state index contributed by atoms with van der Waals surface area (Å²) in [5.74, 6) is 2.69. The van der Waals surface area contributed by atoms with Crippen LogP contribution in [0.2, 0.25) is 0 Å². The van der Waals surface area contributed by atoms with E-state index in [0.29, 0.717) is 5.92 Å². The third-order valence-corrected chi connectivity index (χ3v) is 2.49. The van der Waals surface area contributed by atoms with Crippen LogP contribution in [0, 0.1) is 5.92 Å². The van der Waals surface area contributed by atoms with Crippen molar-refractivity contribution in [2.75, 3.05) is 0 Å². The first-order valence-corrected chi connectivity index (χ1v) is 4.65. The third-order valence-electron chi connectivity index (χ3n) is 2.49. The first-order valence-electron chi connectivity index (χ1n) is 4.65. The molecule has 1 aromatic rings. The molecule has 12 heavy (non-hydrogen) atoms. The van der Waals surface area contributed by atoms with Gasteiger partial charge in [0.25, 0.3) is 0 Å². The molecule has 0 amide bonds. The van der Waals surface area contributed by atoms with Gasteiger partial charge in [-0.1, -0.05) is 6.92 Å². The van der Waals surface area contributed by atoms with Gasteiger partial charge in [-0.2, -0.15) is 0 Å². The van der Waals surface area contributed by atoms with E-state index >= 15 is 0 Å². The molecule has 0 radical (unpaired) electrons. The van der Waals surface area contributed by atoms with Crippen molar-refractivity contribution in [3.63, 3.8) is 0 Å². The van der Waals surface area contributed by atoms with Gasteiger partial charge in [-0.15, -0.1) is 0 Å². The molecule has 1 heterocycles. The van der Waals surface area contributed by atoms with Crippen molar-refractivity contribution in [2.45, 2.75) is 32.2 Å². The van der Waals surface area contributed by atoms with E-state index in [9.17, 15) is 0 Å². The molecule has 1 fully saturated rings. The molecule has 2 N–H and O–H groups in total. The van der Waals surface area contributed by atoms with Crippen LogP contribution >= 0.6 is 0 Å².